The summed E-state index contributed by atoms with van der Waals surface area (Å²) in [5.41, 5.74) is 4.14. The molecule has 2 aromatic heterocycles. The smallest absolute Gasteiger partial charge is 0.354 e. The van der Waals surface area contributed by atoms with Crippen molar-refractivity contribution >= 4 is 33.9 Å². The molecule has 3 aromatic rings. The Labute approximate surface area is 118 Å². The number of aromatic nitrogens is 2. The maximum absolute atomic E-state index is 11.1. The van der Waals surface area contributed by atoms with E-state index >= 15 is 0 Å². The number of nitrogens with one attached hydrogen (secondary N) is 1. The SMILES string of the molecule is O=C(O)c1cc(NCc2cscn2)c2ccccc2n1. The van der Waals surface area contributed by atoms with Crippen LogP contribution >= 0.6 is 11.3 Å². The van der Waals surface area contributed by atoms with E-state index in [9.17, 15) is 4.79 Å². The lowest BCUT2D eigenvalue weighted by Gasteiger charge is -2.09. The van der Waals surface area contributed by atoms with Crippen molar-refractivity contribution in [3.63, 3.8) is 0 Å². The second kappa shape index (κ2) is 5.26. The standard InChI is InChI=1S/C14H11N3O2S/c18-14(19)13-5-12(15-6-9-7-20-8-16-9)10-3-1-2-4-11(10)17-13/h1-5,7-8H,6H2,(H,15,17)(H,18,19). The van der Waals surface area contributed by atoms with Crippen molar-refractivity contribution in [1.29, 1.82) is 0 Å². The van der Waals surface area contributed by atoms with Crippen molar-refractivity contribution in [2.75, 3.05) is 5.32 Å². The predicted octanol–water partition coefficient (Wildman–Crippen LogP) is 3.00. The minimum atomic E-state index is -1.03. The van der Waals surface area contributed by atoms with Crippen LogP contribution in [0, 0.1) is 0 Å². The van der Waals surface area contributed by atoms with Crippen LogP contribution in [0.4, 0.5) is 5.69 Å². The van der Waals surface area contributed by atoms with E-state index in [0.29, 0.717) is 12.1 Å². The number of carboxylic acid groups (broad SMARTS) is 1. The fourth-order valence-electron chi connectivity index (χ4n) is 1.94. The summed E-state index contributed by atoms with van der Waals surface area (Å²) in [5.74, 6) is -1.03. The number of carboxylic acids is 1. The van der Waals surface area contributed by atoms with Gasteiger partial charge < -0.3 is 10.4 Å². The van der Waals surface area contributed by atoms with Gasteiger partial charge in [-0.1, -0.05) is 18.2 Å². The van der Waals surface area contributed by atoms with E-state index in [2.05, 4.69) is 15.3 Å². The Morgan fingerprint density at radius 2 is 2.20 bits per heavy atom. The first-order chi connectivity index (χ1) is 9.74. The molecule has 1 aromatic carbocycles. The van der Waals surface area contributed by atoms with Crippen LogP contribution in [0.3, 0.4) is 0 Å². The lowest BCUT2D eigenvalue weighted by atomic mass is 10.1. The molecular weight excluding hydrogens is 274 g/mol. The van der Waals surface area contributed by atoms with Gasteiger partial charge in [-0.05, 0) is 12.1 Å². The molecule has 5 nitrogen and oxygen atoms in total. The van der Waals surface area contributed by atoms with Crippen molar-refractivity contribution in [2.24, 2.45) is 0 Å². The lowest BCUT2D eigenvalue weighted by Crippen LogP contribution is -2.05. The van der Waals surface area contributed by atoms with Gasteiger partial charge in [0.2, 0.25) is 0 Å². The first-order valence-corrected chi connectivity index (χ1v) is 6.92. The summed E-state index contributed by atoms with van der Waals surface area (Å²) in [4.78, 5) is 19.4. The number of rotatable bonds is 4. The molecule has 0 fully saturated rings. The van der Waals surface area contributed by atoms with Crippen LogP contribution in [0.15, 0.2) is 41.2 Å². The fraction of sp³-hybridized carbons (Fsp3) is 0.0714. The number of thiazole rings is 1. The zero-order chi connectivity index (χ0) is 13.9. The van der Waals surface area contributed by atoms with Crippen molar-refractivity contribution < 1.29 is 9.90 Å². The minimum absolute atomic E-state index is 0.0319. The fourth-order valence-corrected chi connectivity index (χ4v) is 2.50. The number of hydrogen-bond donors (Lipinski definition) is 2. The number of nitrogens with zero attached hydrogens (tertiary/aromatic N) is 2. The molecule has 0 saturated carbocycles. The normalized spacial score (nSPS) is 10.6. The number of pyridine rings is 1. The van der Waals surface area contributed by atoms with Gasteiger partial charge in [0.1, 0.15) is 0 Å². The Bertz CT molecular complexity index is 756. The third-order valence-electron chi connectivity index (χ3n) is 2.88. The molecule has 6 heteroatoms. The minimum Gasteiger partial charge on any atom is -0.477 e. The number of benzene rings is 1. The summed E-state index contributed by atoms with van der Waals surface area (Å²) < 4.78 is 0. The summed E-state index contributed by atoms with van der Waals surface area (Å²) in [6.45, 7) is 0.552. The summed E-state index contributed by atoms with van der Waals surface area (Å²) >= 11 is 1.53. The zero-order valence-electron chi connectivity index (χ0n) is 10.4. The van der Waals surface area contributed by atoms with E-state index in [1.54, 1.807) is 17.6 Å². The molecule has 0 radical (unpaired) electrons. The highest BCUT2D eigenvalue weighted by atomic mass is 32.1. The highest BCUT2D eigenvalue weighted by molar-refractivity contribution is 7.07. The second-order valence-electron chi connectivity index (χ2n) is 4.21. The molecule has 0 aliphatic carbocycles. The van der Waals surface area contributed by atoms with Gasteiger partial charge >= 0.3 is 5.97 Å². The molecule has 0 aliphatic rings. The first kappa shape index (κ1) is 12.6. The maximum Gasteiger partial charge on any atom is 0.354 e. The summed E-state index contributed by atoms with van der Waals surface area (Å²) in [6, 6.07) is 9.01. The molecule has 0 spiro atoms. The van der Waals surface area contributed by atoms with Crippen LogP contribution in [0.25, 0.3) is 10.9 Å². The van der Waals surface area contributed by atoms with E-state index < -0.39 is 5.97 Å². The highest BCUT2D eigenvalue weighted by Gasteiger charge is 2.10. The zero-order valence-corrected chi connectivity index (χ0v) is 11.2. The summed E-state index contributed by atoms with van der Waals surface area (Å²) in [5, 5.41) is 15.2. The van der Waals surface area contributed by atoms with Gasteiger partial charge in [0, 0.05) is 16.5 Å². The van der Waals surface area contributed by atoms with Crippen molar-refractivity contribution in [3.8, 4) is 0 Å². The topological polar surface area (TPSA) is 75.1 Å². The lowest BCUT2D eigenvalue weighted by molar-refractivity contribution is 0.0691. The first-order valence-electron chi connectivity index (χ1n) is 5.98. The molecule has 0 bridgehead atoms. The van der Waals surface area contributed by atoms with Crippen LogP contribution in [-0.2, 0) is 6.54 Å². The summed E-state index contributed by atoms with van der Waals surface area (Å²) in [6.07, 6.45) is 0. The van der Waals surface area contributed by atoms with E-state index in [1.165, 1.54) is 11.3 Å². The number of para-hydroxylation sites is 1. The Morgan fingerprint density at radius 1 is 1.35 bits per heavy atom. The largest absolute Gasteiger partial charge is 0.477 e. The summed E-state index contributed by atoms with van der Waals surface area (Å²) in [7, 11) is 0. The van der Waals surface area contributed by atoms with Crippen LogP contribution in [-0.4, -0.2) is 21.0 Å². The van der Waals surface area contributed by atoms with Crippen LogP contribution in [0.2, 0.25) is 0 Å². The van der Waals surface area contributed by atoms with E-state index in [4.69, 9.17) is 5.11 Å². The van der Waals surface area contributed by atoms with Crippen LogP contribution in [0.1, 0.15) is 16.2 Å². The number of aromatic carboxylic acids is 1. The quantitative estimate of drug-likeness (QED) is 0.770. The molecule has 0 aliphatic heterocycles. The second-order valence-corrected chi connectivity index (χ2v) is 4.93. The Balaban J connectivity index is 2.00. The molecule has 2 heterocycles. The maximum atomic E-state index is 11.1. The van der Waals surface area contributed by atoms with E-state index in [-0.39, 0.29) is 5.69 Å². The Hall–Kier alpha value is -2.47. The average Bonchev–Trinajstić information content (AvgIpc) is 2.97. The molecule has 0 atom stereocenters. The number of fused-ring (bicyclic) bond motifs is 1. The van der Waals surface area contributed by atoms with E-state index in [1.807, 2.05) is 23.6 Å². The van der Waals surface area contributed by atoms with Gasteiger partial charge in [-0.3, -0.25) is 0 Å². The highest BCUT2D eigenvalue weighted by Crippen LogP contribution is 2.23. The molecule has 0 amide bonds. The van der Waals surface area contributed by atoms with Gasteiger partial charge in [0.15, 0.2) is 5.69 Å². The molecule has 20 heavy (non-hydrogen) atoms. The third kappa shape index (κ3) is 2.46. The molecule has 0 saturated heterocycles. The van der Waals surface area contributed by atoms with Gasteiger partial charge in [0.25, 0.3) is 0 Å². The number of carbonyl (C=O) groups is 1. The predicted molar refractivity (Wildman–Crippen MR) is 78.1 cm³/mol. The monoisotopic (exact) mass is 285 g/mol. The molecule has 2 N–H and O–H groups in total. The molecule has 3 rings (SSSR count). The molecule has 100 valence electrons. The number of hydrogen-bond acceptors (Lipinski definition) is 5. The van der Waals surface area contributed by atoms with Crippen molar-refractivity contribution in [3.05, 3.63) is 52.6 Å². The van der Waals surface area contributed by atoms with Crippen LogP contribution in [0.5, 0.6) is 0 Å². The van der Waals surface area contributed by atoms with Crippen molar-refractivity contribution in [2.45, 2.75) is 6.54 Å². The van der Waals surface area contributed by atoms with Gasteiger partial charge in [-0.25, -0.2) is 14.8 Å². The number of anilines is 1. The van der Waals surface area contributed by atoms with Gasteiger partial charge in [0.05, 0.1) is 23.3 Å². The van der Waals surface area contributed by atoms with Gasteiger partial charge in [-0.2, -0.15) is 0 Å². The Kier molecular flexibility index (Phi) is 3.30. The van der Waals surface area contributed by atoms with Crippen molar-refractivity contribution in [1.82, 2.24) is 9.97 Å². The van der Waals surface area contributed by atoms with Crippen LogP contribution < -0.4 is 5.32 Å². The Morgan fingerprint density at radius 3 is 2.95 bits per heavy atom. The van der Waals surface area contributed by atoms with Gasteiger partial charge in [-0.15, -0.1) is 11.3 Å². The molecule has 0 unspecified atom stereocenters. The third-order valence-corrected chi connectivity index (χ3v) is 3.51. The van der Waals surface area contributed by atoms with E-state index in [0.717, 1.165) is 16.8 Å². The average molecular weight is 285 g/mol. The molecular formula is C14H11N3O2S.